The topological polar surface area (TPSA) is 91.0 Å². The molecule has 1 unspecified atom stereocenters. The SMILES string of the molecule is CC(=O)NCC1CN(c2ccc(N3CC(NC=O)C3)c(F)c2)C(=O)O1. The molecule has 2 fully saturated rings. The van der Waals surface area contributed by atoms with Gasteiger partial charge in [-0.3, -0.25) is 14.5 Å². The number of hydrogen-bond donors (Lipinski definition) is 2. The van der Waals surface area contributed by atoms with Gasteiger partial charge < -0.3 is 20.3 Å². The summed E-state index contributed by atoms with van der Waals surface area (Å²) >= 11 is 0. The molecule has 3 amide bonds. The minimum absolute atomic E-state index is 0.0275. The Kier molecular flexibility index (Phi) is 4.73. The fourth-order valence-electron chi connectivity index (χ4n) is 2.89. The molecule has 0 aromatic heterocycles. The Hall–Kier alpha value is -2.84. The molecule has 0 saturated carbocycles. The number of hydrogen-bond acceptors (Lipinski definition) is 5. The van der Waals surface area contributed by atoms with Gasteiger partial charge in [0.15, 0.2) is 0 Å². The van der Waals surface area contributed by atoms with E-state index >= 15 is 0 Å². The van der Waals surface area contributed by atoms with Gasteiger partial charge in [-0.15, -0.1) is 0 Å². The van der Waals surface area contributed by atoms with E-state index in [4.69, 9.17) is 4.74 Å². The molecule has 2 N–H and O–H groups in total. The number of benzene rings is 1. The number of cyclic esters (lactones) is 1. The van der Waals surface area contributed by atoms with Crippen molar-refractivity contribution in [1.82, 2.24) is 10.6 Å². The molecule has 1 aromatic carbocycles. The van der Waals surface area contributed by atoms with Crippen LogP contribution in [0.3, 0.4) is 0 Å². The van der Waals surface area contributed by atoms with Gasteiger partial charge in [-0.25, -0.2) is 9.18 Å². The lowest BCUT2D eigenvalue weighted by Gasteiger charge is -2.40. The molecule has 3 rings (SSSR count). The fourth-order valence-corrected chi connectivity index (χ4v) is 2.89. The predicted octanol–water partition coefficient (Wildman–Crippen LogP) is 0.222. The summed E-state index contributed by atoms with van der Waals surface area (Å²) in [6.45, 7) is 2.93. The van der Waals surface area contributed by atoms with Crippen LogP contribution in [0.4, 0.5) is 20.6 Å². The summed E-state index contributed by atoms with van der Waals surface area (Å²) < 4.78 is 19.6. The van der Waals surface area contributed by atoms with Crippen LogP contribution in [0, 0.1) is 5.82 Å². The van der Waals surface area contributed by atoms with Crippen LogP contribution < -0.4 is 20.4 Å². The Morgan fingerprint density at radius 3 is 2.80 bits per heavy atom. The maximum atomic E-state index is 14.4. The smallest absolute Gasteiger partial charge is 0.414 e. The largest absolute Gasteiger partial charge is 0.442 e. The maximum absolute atomic E-state index is 14.4. The first-order valence-electron chi connectivity index (χ1n) is 7.94. The maximum Gasteiger partial charge on any atom is 0.414 e. The molecular formula is C16H19FN4O4. The molecule has 2 aliphatic heterocycles. The minimum atomic E-state index is -0.568. The molecule has 0 aliphatic carbocycles. The number of anilines is 2. The molecule has 134 valence electrons. The van der Waals surface area contributed by atoms with Crippen molar-refractivity contribution in [3.8, 4) is 0 Å². The van der Waals surface area contributed by atoms with Gasteiger partial charge in [0.1, 0.15) is 11.9 Å². The van der Waals surface area contributed by atoms with Crippen molar-refractivity contribution >= 4 is 29.8 Å². The third kappa shape index (κ3) is 3.65. The van der Waals surface area contributed by atoms with E-state index in [0.29, 0.717) is 30.9 Å². The summed E-state index contributed by atoms with van der Waals surface area (Å²) in [6, 6.07) is 4.58. The summed E-state index contributed by atoms with van der Waals surface area (Å²) in [5, 5.41) is 5.23. The van der Waals surface area contributed by atoms with Crippen molar-refractivity contribution in [2.24, 2.45) is 0 Å². The highest BCUT2D eigenvalue weighted by molar-refractivity contribution is 5.90. The number of rotatable bonds is 6. The van der Waals surface area contributed by atoms with Gasteiger partial charge in [0.2, 0.25) is 12.3 Å². The zero-order chi connectivity index (χ0) is 18.0. The molecule has 0 bridgehead atoms. The molecule has 1 aromatic rings. The van der Waals surface area contributed by atoms with E-state index in [1.54, 1.807) is 12.1 Å². The first-order chi connectivity index (χ1) is 12.0. The highest BCUT2D eigenvalue weighted by atomic mass is 19.1. The van der Waals surface area contributed by atoms with Crippen molar-refractivity contribution in [2.75, 3.05) is 36.0 Å². The van der Waals surface area contributed by atoms with Crippen molar-refractivity contribution in [3.05, 3.63) is 24.0 Å². The van der Waals surface area contributed by atoms with Crippen molar-refractivity contribution in [1.29, 1.82) is 0 Å². The van der Waals surface area contributed by atoms with Crippen molar-refractivity contribution < 1.29 is 23.5 Å². The number of nitrogens with one attached hydrogen (secondary N) is 2. The number of ether oxygens (including phenoxy) is 1. The number of carbonyl (C=O) groups excluding carboxylic acids is 3. The summed E-state index contributed by atoms with van der Waals surface area (Å²) in [4.78, 5) is 36.4. The molecule has 8 nitrogen and oxygen atoms in total. The number of amides is 3. The van der Waals surface area contributed by atoms with Gasteiger partial charge in [-0.2, -0.15) is 0 Å². The third-order valence-corrected chi connectivity index (χ3v) is 4.22. The van der Waals surface area contributed by atoms with Crippen LogP contribution in [0.5, 0.6) is 0 Å². The molecule has 25 heavy (non-hydrogen) atoms. The van der Waals surface area contributed by atoms with Crippen LogP contribution in [-0.2, 0) is 14.3 Å². The summed E-state index contributed by atoms with van der Waals surface area (Å²) in [7, 11) is 0. The Morgan fingerprint density at radius 1 is 1.40 bits per heavy atom. The van der Waals surface area contributed by atoms with Gasteiger partial charge in [-0.1, -0.05) is 0 Å². The Labute approximate surface area is 143 Å². The first-order valence-corrected chi connectivity index (χ1v) is 7.94. The van der Waals surface area contributed by atoms with E-state index in [9.17, 15) is 18.8 Å². The standard InChI is InChI=1S/C16H19FN4O4/c1-10(23)18-5-13-8-21(16(24)25-13)12-2-3-15(14(17)4-12)20-6-11(7-20)19-9-22/h2-4,9,11,13H,5-8H2,1H3,(H,18,23)(H,19,22). The summed E-state index contributed by atoms with van der Waals surface area (Å²) in [5.74, 6) is -0.651. The molecule has 2 saturated heterocycles. The van der Waals surface area contributed by atoms with Gasteiger partial charge >= 0.3 is 6.09 Å². The van der Waals surface area contributed by atoms with Gasteiger partial charge in [0, 0.05) is 20.0 Å². The third-order valence-electron chi connectivity index (χ3n) is 4.22. The number of halogens is 1. The fraction of sp³-hybridized carbons (Fsp3) is 0.438. The second kappa shape index (κ2) is 6.96. The van der Waals surface area contributed by atoms with E-state index in [-0.39, 0.29) is 25.0 Å². The van der Waals surface area contributed by atoms with E-state index in [0.717, 1.165) is 0 Å². The highest BCUT2D eigenvalue weighted by Gasteiger charge is 2.33. The summed E-state index contributed by atoms with van der Waals surface area (Å²) in [5.41, 5.74) is 0.828. The molecular weight excluding hydrogens is 331 g/mol. The Balaban J connectivity index is 1.64. The predicted molar refractivity (Wildman–Crippen MR) is 87.9 cm³/mol. The van der Waals surface area contributed by atoms with Gasteiger partial charge in [0.25, 0.3) is 0 Å². The lowest BCUT2D eigenvalue weighted by molar-refractivity contribution is -0.119. The molecule has 2 aliphatic rings. The van der Waals surface area contributed by atoms with Crippen molar-refractivity contribution in [2.45, 2.75) is 19.1 Å². The van der Waals surface area contributed by atoms with Crippen molar-refractivity contribution in [3.63, 3.8) is 0 Å². The normalized spacial score (nSPS) is 20.1. The number of carbonyl (C=O) groups is 3. The second-order valence-corrected chi connectivity index (χ2v) is 6.08. The number of nitrogens with zero attached hydrogens (tertiary/aromatic N) is 2. The Bertz CT molecular complexity index is 693. The average molecular weight is 350 g/mol. The van der Waals surface area contributed by atoms with Crippen LogP contribution in [-0.4, -0.2) is 56.7 Å². The first kappa shape index (κ1) is 17.0. The monoisotopic (exact) mass is 350 g/mol. The van der Waals surface area contributed by atoms with E-state index < -0.39 is 18.0 Å². The van der Waals surface area contributed by atoms with E-state index in [2.05, 4.69) is 10.6 Å². The minimum Gasteiger partial charge on any atom is -0.442 e. The second-order valence-electron chi connectivity index (χ2n) is 6.08. The average Bonchev–Trinajstić information content (AvgIpc) is 2.90. The molecule has 2 heterocycles. The van der Waals surface area contributed by atoms with Gasteiger partial charge in [0.05, 0.1) is 30.5 Å². The van der Waals surface area contributed by atoms with Crippen LogP contribution >= 0.6 is 0 Å². The molecule has 0 radical (unpaired) electrons. The zero-order valence-corrected chi connectivity index (χ0v) is 13.7. The Morgan fingerprint density at radius 2 is 2.16 bits per heavy atom. The highest BCUT2D eigenvalue weighted by Crippen LogP contribution is 2.30. The lowest BCUT2D eigenvalue weighted by Crippen LogP contribution is -2.58. The van der Waals surface area contributed by atoms with Crippen LogP contribution in [0.2, 0.25) is 0 Å². The molecule has 1 atom stereocenters. The van der Waals surface area contributed by atoms with Crippen LogP contribution in [0.15, 0.2) is 18.2 Å². The summed E-state index contributed by atoms with van der Waals surface area (Å²) in [6.07, 6.45) is -0.399. The van der Waals surface area contributed by atoms with Crippen LogP contribution in [0.1, 0.15) is 6.92 Å². The van der Waals surface area contributed by atoms with E-state index in [1.807, 2.05) is 4.90 Å². The molecule has 9 heteroatoms. The zero-order valence-electron chi connectivity index (χ0n) is 13.7. The van der Waals surface area contributed by atoms with Gasteiger partial charge in [-0.05, 0) is 18.2 Å². The molecule has 0 spiro atoms. The van der Waals surface area contributed by atoms with E-state index in [1.165, 1.54) is 17.9 Å². The quantitative estimate of drug-likeness (QED) is 0.717. The van der Waals surface area contributed by atoms with Crippen LogP contribution in [0.25, 0.3) is 0 Å². The lowest BCUT2D eigenvalue weighted by atomic mass is 10.1.